The Morgan fingerprint density at radius 2 is 1.83 bits per heavy atom. The third kappa shape index (κ3) is 4.14. The maximum Gasteiger partial charge on any atom is 0.253 e. The molecule has 2 aromatic carbocycles. The zero-order valence-corrected chi connectivity index (χ0v) is 18.0. The Labute approximate surface area is 178 Å². The maximum atomic E-state index is 12.9. The molecular weight excluding hydrogens is 406 g/mol. The quantitative estimate of drug-likeness (QED) is 0.610. The van der Waals surface area contributed by atoms with Crippen molar-refractivity contribution in [3.63, 3.8) is 0 Å². The van der Waals surface area contributed by atoms with Crippen molar-refractivity contribution in [1.29, 1.82) is 0 Å². The monoisotopic (exact) mass is 427 g/mol. The first kappa shape index (κ1) is 19.9. The lowest BCUT2D eigenvalue weighted by atomic mass is 9.97. The Kier molecular flexibility index (Phi) is 5.56. The van der Waals surface area contributed by atoms with Crippen LogP contribution in [-0.2, 0) is 0 Å². The number of rotatable bonds is 3. The van der Waals surface area contributed by atoms with E-state index < -0.39 is 0 Å². The van der Waals surface area contributed by atoms with Crippen molar-refractivity contribution in [3.8, 4) is 0 Å². The molecule has 3 aromatic rings. The molecule has 4 rings (SSSR count). The lowest BCUT2D eigenvalue weighted by Crippen LogP contribution is -2.38. The molecule has 1 fully saturated rings. The molecule has 7 heteroatoms. The SMILES string of the molecule is CN(C)C(=O)c1cccc(C(=O)N2CCC(c3nc4cc(Cl)ccc4s3)CC2)c1. The smallest absolute Gasteiger partial charge is 0.253 e. The van der Waals surface area contributed by atoms with E-state index in [0.717, 1.165) is 28.1 Å². The van der Waals surface area contributed by atoms with Gasteiger partial charge in [-0.25, -0.2) is 4.98 Å². The first-order chi connectivity index (χ1) is 13.9. The first-order valence-electron chi connectivity index (χ1n) is 9.59. The molecule has 0 spiro atoms. The predicted octanol–water partition coefficient (Wildman–Crippen LogP) is 4.67. The van der Waals surface area contributed by atoms with E-state index >= 15 is 0 Å². The van der Waals surface area contributed by atoms with Crippen LogP contribution in [-0.4, -0.2) is 53.8 Å². The molecule has 150 valence electrons. The normalized spacial score (nSPS) is 14.9. The Morgan fingerprint density at radius 3 is 2.55 bits per heavy atom. The lowest BCUT2D eigenvalue weighted by Gasteiger charge is -2.31. The fourth-order valence-corrected chi connectivity index (χ4v) is 4.93. The van der Waals surface area contributed by atoms with Crippen molar-refractivity contribution in [2.24, 2.45) is 0 Å². The van der Waals surface area contributed by atoms with E-state index in [1.165, 1.54) is 4.90 Å². The zero-order chi connectivity index (χ0) is 20.5. The summed E-state index contributed by atoms with van der Waals surface area (Å²) >= 11 is 7.78. The van der Waals surface area contributed by atoms with Gasteiger partial charge in [0.05, 0.1) is 15.2 Å². The van der Waals surface area contributed by atoms with Crippen LogP contribution in [0.4, 0.5) is 0 Å². The highest BCUT2D eigenvalue weighted by atomic mass is 35.5. The standard InChI is InChI=1S/C22H22ClN3O2S/c1-25(2)21(27)15-4-3-5-16(12-15)22(28)26-10-8-14(9-11-26)20-24-18-13-17(23)6-7-19(18)29-20/h3-7,12-14H,8-11H2,1-2H3. The number of hydrogen-bond donors (Lipinski definition) is 0. The number of nitrogens with zero attached hydrogens (tertiary/aromatic N) is 3. The van der Waals surface area contributed by atoms with Crippen LogP contribution in [0.3, 0.4) is 0 Å². The van der Waals surface area contributed by atoms with E-state index in [1.807, 2.05) is 23.1 Å². The first-order valence-corrected chi connectivity index (χ1v) is 10.8. The predicted molar refractivity (Wildman–Crippen MR) is 117 cm³/mol. The fourth-order valence-electron chi connectivity index (χ4n) is 3.65. The van der Waals surface area contributed by atoms with Crippen molar-refractivity contribution in [1.82, 2.24) is 14.8 Å². The van der Waals surface area contributed by atoms with Crippen molar-refractivity contribution in [2.45, 2.75) is 18.8 Å². The largest absolute Gasteiger partial charge is 0.345 e. The number of hydrogen-bond acceptors (Lipinski definition) is 4. The van der Waals surface area contributed by atoms with Crippen LogP contribution < -0.4 is 0 Å². The van der Waals surface area contributed by atoms with Crippen LogP contribution in [0, 0.1) is 0 Å². The van der Waals surface area contributed by atoms with Crippen molar-refractivity contribution < 1.29 is 9.59 Å². The summed E-state index contributed by atoms with van der Waals surface area (Å²) in [6.07, 6.45) is 1.77. The van der Waals surface area contributed by atoms with Gasteiger partial charge in [-0.3, -0.25) is 9.59 Å². The summed E-state index contributed by atoms with van der Waals surface area (Å²) in [6, 6.07) is 12.8. The highest BCUT2D eigenvalue weighted by Crippen LogP contribution is 2.35. The highest BCUT2D eigenvalue weighted by molar-refractivity contribution is 7.18. The summed E-state index contributed by atoms with van der Waals surface area (Å²) in [7, 11) is 3.41. The average molecular weight is 428 g/mol. The molecule has 2 amide bonds. The van der Waals surface area contributed by atoms with Crippen LogP contribution in [0.25, 0.3) is 10.2 Å². The highest BCUT2D eigenvalue weighted by Gasteiger charge is 2.27. The minimum absolute atomic E-state index is 0.0204. The molecule has 1 aromatic heterocycles. The van der Waals surface area contributed by atoms with Crippen molar-refractivity contribution >= 4 is 45.0 Å². The van der Waals surface area contributed by atoms with Crippen LogP contribution >= 0.6 is 22.9 Å². The molecular formula is C22H22ClN3O2S. The van der Waals surface area contributed by atoms with E-state index in [9.17, 15) is 9.59 Å². The number of amides is 2. The van der Waals surface area contributed by atoms with E-state index in [0.29, 0.717) is 35.2 Å². The molecule has 0 radical (unpaired) electrons. The fraction of sp³-hybridized carbons (Fsp3) is 0.318. The molecule has 2 heterocycles. The molecule has 0 unspecified atom stereocenters. The van der Waals surface area contributed by atoms with Gasteiger partial charge in [0.2, 0.25) is 0 Å². The van der Waals surface area contributed by atoms with E-state index in [2.05, 4.69) is 0 Å². The van der Waals surface area contributed by atoms with Gasteiger partial charge in [-0.1, -0.05) is 17.7 Å². The molecule has 5 nitrogen and oxygen atoms in total. The van der Waals surface area contributed by atoms with Gasteiger partial charge < -0.3 is 9.80 Å². The number of carbonyl (C=O) groups is 2. The van der Waals surface area contributed by atoms with Gasteiger partial charge >= 0.3 is 0 Å². The van der Waals surface area contributed by atoms with Gasteiger partial charge in [-0.05, 0) is 49.2 Å². The summed E-state index contributed by atoms with van der Waals surface area (Å²) in [5, 5.41) is 1.82. The van der Waals surface area contributed by atoms with Gasteiger partial charge in [0, 0.05) is 49.3 Å². The number of thiazole rings is 1. The number of aromatic nitrogens is 1. The minimum Gasteiger partial charge on any atom is -0.345 e. The van der Waals surface area contributed by atoms with Crippen molar-refractivity contribution in [3.05, 3.63) is 63.6 Å². The van der Waals surface area contributed by atoms with E-state index in [-0.39, 0.29) is 11.8 Å². The molecule has 0 bridgehead atoms. The summed E-state index contributed by atoms with van der Waals surface area (Å²) in [6.45, 7) is 1.37. The van der Waals surface area contributed by atoms with Crippen LogP contribution in [0.5, 0.6) is 0 Å². The van der Waals surface area contributed by atoms with Gasteiger partial charge in [0.25, 0.3) is 11.8 Å². The van der Waals surface area contributed by atoms with Gasteiger partial charge in [-0.2, -0.15) is 0 Å². The van der Waals surface area contributed by atoms with Crippen LogP contribution in [0.15, 0.2) is 42.5 Å². The minimum atomic E-state index is -0.103. The molecule has 29 heavy (non-hydrogen) atoms. The number of halogens is 1. The van der Waals surface area contributed by atoms with Crippen LogP contribution in [0.2, 0.25) is 5.02 Å². The number of piperidine rings is 1. The lowest BCUT2D eigenvalue weighted by molar-refractivity contribution is 0.0713. The number of benzene rings is 2. The molecule has 1 aliphatic heterocycles. The number of likely N-dealkylation sites (tertiary alicyclic amines) is 1. The Hall–Kier alpha value is -2.44. The zero-order valence-electron chi connectivity index (χ0n) is 16.4. The second kappa shape index (κ2) is 8.13. The summed E-state index contributed by atoms with van der Waals surface area (Å²) in [4.78, 5) is 33.3. The second-order valence-electron chi connectivity index (χ2n) is 7.51. The number of fused-ring (bicyclic) bond motifs is 1. The third-order valence-electron chi connectivity index (χ3n) is 5.26. The summed E-state index contributed by atoms with van der Waals surface area (Å²) in [5.41, 5.74) is 2.04. The Bertz CT molecular complexity index is 1070. The topological polar surface area (TPSA) is 53.5 Å². The van der Waals surface area contributed by atoms with E-state index in [1.54, 1.807) is 49.7 Å². The Balaban J connectivity index is 1.44. The third-order valence-corrected chi connectivity index (χ3v) is 6.69. The summed E-state index contributed by atoms with van der Waals surface area (Å²) in [5.74, 6) is 0.235. The Morgan fingerprint density at radius 1 is 1.10 bits per heavy atom. The average Bonchev–Trinajstić information content (AvgIpc) is 3.16. The van der Waals surface area contributed by atoms with Gasteiger partial charge in [0.15, 0.2) is 0 Å². The molecule has 0 N–H and O–H groups in total. The summed E-state index contributed by atoms with van der Waals surface area (Å²) < 4.78 is 1.14. The molecule has 0 aliphatic carbocycles. The second-order valence-corrected chi connectivity index (χ2v) is 9.01. The maximum absolute atomic E-state index is 12.9. The number of carbonyl (C=O) groups excluding carboxylic acids is 2. The molecule has 1 saturated heterocycles. The van der Waals surface area contributed by atoms with Crippen LogP contribution in [0.1, 0.15) is 44.5 Å². The molecule has 0 saturated carbocycles. The molecule has 0 atom stereocenters. The van der Waals surface area contributed by atoms with Gasteiger partial charge in [0.1, 0.15) is 0 Å². The van der Waals surface area contributed by atoms with Crippen molar-refractivity contribution in [2.75, 3.05) is 27.2 Å². The molecule has 1 aliphatic rings. The van der Waals surface area contributed by atoms with Gasteiger partial charge in [-0.15, -0.1) is 11.3 Å². The van der Waals surface area contributed by atoms with E-state index in [4.69, 9.17) is 16.6 Å².